The van der Waals surface area contributed by atoms with E-state index in [2.05, 4.69) is 64.8 Å². The Morgan fingerprint density at radius 2 is 1.82 bits per heavy atom. The number of Topliss-reactive ketones (excluding diaryl/α,β-unsaturated/α-hetero) is 1. The number of nitrogens with zero attached hydrogens (tertiary/aromatic N) is 5. The number of anilines is 1. The molecule has 4 heterocycles. The van der Waals surface area contributed by atoms with Crippen molar-refractivity contribution >= 4 is 22.5 Å². The van der Waals surface area contributed by atoms with Crippen molar-refractivity contribution in [2.75, 3.05) is 38.1 Å². The SMILES string of the molecule is CCCc1cc(C)[nH]c(=O)c1CCC(=O)c1cc(-c2ccnc(N3CCN(C)CC3)c2)cc2c1cnn2C(C)C. The monoisotopic (exact) mass is 540 g/mol. The first-order chi connectivity index (χ1) is 19.2. The second-order valence-electron chi connectivity index (χ2n) is 11.3. The molecule has 0 radical (unpaired) electrons. The van der Waals surface area contributed by atoms with Crippen molar-refractivity contribution in [2.45, 2.75) is 59.4 Å². The van der Waals surface area contributed by atoms with E-state index in [-0.39, 0.29) is 23.8 Å². The zero-order valence-corrected chi connectivity index (χ0v) is 24.3. The molecule has 40 heavy (non-hydrogen) atoms. The number of aryl methyl sites for hydroxylation is 2. The van der Waals surface area contributed by atoms with Gasteiger partial charge in [-0.15, -0.1) is 0 Å². The third-order valence-corrected chi connectivity index (χ3v) is 7.90. The molecule has 1 aromatic carbocycles. The second-order valence-corrected chi connectivity index (χ2v) is 11.3. The Bertz CT molecular complexity index is 1580. The Morgan fingerprint density at radius 1 is 1.05 bits per heavy atom. The number of piperazine rings is 1. The first kappa shape index (κ1) is 27.8. The highest BCUT2D eigenvalue weighted by molar-refractivity contribution is 6.09. The van der Waals surface area contributed by atoms with Gasteiger partial charge in [-0.25, -0.2) is 4.98 Å². The predicted octanol–water partition coefficient (Wildman–Crippen LogP) is 5.20. The minimum atomic E-state index is -0.0870. The number of nitrogens with one attached hydrogen (secondary N) is 1. The minimum absolute atomic E-state index is 0.0194. The van der Waals surface area contributed by atoms with Crippen LogP contribution in [0.15, 0.2) is 47.5 Å². The van der Waals surface area contributed by atoms with E-state index < -0.39 is 0 Å². The molecule has 1 saturated heterocycles. The van der Waals surface area contributed by atoms with Crippen LogP contribution in [0.4, 0.5) is 5.82 Å². The van der Waals surface area contributed by atoms with Crippen LogP contribution in [0.5, 0.6) is 0 Å². The first-order valence-electron chi connectivity index (χ1n) is 14.4. The molecule has 0 amide bonds. The van der Waals surface area contributed by atoms with Gasteiger partial charge in [0.05, 0.1) is 11.7 Å². The Labute approximate surface area is 236 Å². The maximum absolute atomic E-state index is 13.8. The third-order valence-electron chi connectivity index (χ3n) is 7.90. The molecule has 1 fully saturated rings. The maximum atomic E-state index is 13.8. The standard InChI is InChI=1S/C32H40N6O2/c1-6-7-24-16-22(4)35-32(40)26(24)8-9-30(39)27-17-25(18-29-28(27)20-34-38(29)21(2)3)23-10-11-33-31(19-23)37-14-12-36(5)13-15-37/h10-11,16-21H,6-9,12-15H2,1-5H3,(H,35,40). The molecular formula is C32H40N6O2. The van der Waals surface area contributed by atoms with Crippen molar-refractivity contribution in [2.24, 2.45) is 0 Å². The van der Waals surface area contributed by atoms with Gasteiger partial charge in [0.25, 0.3) is 5.56 Å². The number of ketones is 1. The number of aromatic amines is 1. The molecule has 1 aliphatic rings. The number of fused-ring (bicyclic) bond motifs is 1. The van der Waals surface area contributed by atoms with Crippen LogP contribution in [0.25, 0.3) is 22.0 Å². The molecule has 1 aliphatic heterocycles. The number of aromatic nitrogens is 4. The molecule has 0 atom stereocenters. The molecule has 210 valence electrons. The zero-order chi connectivity index (χ0) is 28.4. The van der Waals surface area contributed by atoms with Gasteiger partial charge >= 0.3 is 0 Å². The topological polar surface area (TPSA) is 87.1 Å². The van der Waals surface area contributed by atoms with Gasteiger partial charge in [-0.1, -0.05) is 13.3 Å². The molecule has 8 heteroatoms. The summed E-state index contributed by atoms with van der Waals surface area (Å²) in [6, 6.07) is 10.4. The lowest BCUT2D eigenvalue weighted by atomic mass is 9.94. The molecule has 5 rings (SSSR count). The van der Waals surface area contributed by atoms with Crippen LogP contribution in [0, 0.1) is 6.92 Å². The molecule has 0 aliphatic carbocycles. The van der Waals surface area contributed by atoms with Crippen LogP contribution in [0.3, 0.4) is 0 Å². The Balaban J connectivity index is 1.51. The average molecular weight is 541 g/mol. The number of rotatable bonds is 9. The highest BCUT2D eigenvalue weighted by Gasteiger charge is 2.20. The molecule has 1 N–H and O–H groups in total. The second kappa shape index (κ2) is 11.8. The summed E-state index contributed by atoms with van der Waals surface area (Å²) in [6.07, 6.45) is 6.10. The average Bonchev–Trinajstić information content (AvgIpc) is 3.37. The maximum Gasteiger partial charge on any atom is 0.251 e. The smallest absolute Gasteiger partial charge is 0.251 e. The number of hydrogen-bond acceptors (Lipinski definition) is 6. The normalized spacial score (nSPS) is 14.4. The quantitative estimate of drug-likeness (QED) is 0.294. The van der Waals surface area contributed by atoms with Crippen molar-refractivity contribution in [3.05, 3.63) is 75.5 Å². The van der Waals surface area contributed by atoms with E-state index in [9.17, 15) is 9.59 Å². The van der Waals surface area contributed by atoms with Gasteiger partial charge in [0, 0.05) is 67.0 Å². The van der Waals surface area contributed by atoms with Gasteiger partial charge in [-0.2, -0.15) is 5.10 Å². The van der Waals surface area contributed by atoms with Crippen molar-refractivity contribution < 1.29 is 4.79 Å². The molecular weight excluding hydrogens is 500 g/mol. The number of likely N-dealkylation sites (N-methyl/N-ethyl adjacent to an activating group) is 1. The molecule has 3 aromatic heterocycles. The Morgan fingerprint density at radius 3 is 2.55 bits per heavy atom. The number of carbonyl (C=O) groups excluding carboxylic acids is 1. The lowest BCUT2D eigenvalue weighted by Crippen LogP contribution is -2.44. The highest BCUT2D eigenvalue weighted by Crippen LogP contribution is 2.32. The highest BCUT2D eigenvalue weighted by atomic mass is 16.1. The third kappa shape index (κ3) is 5.72. The lowest BCUT2D eigenvalue weighted by Gasteiger charge is -2.33. The van der Waals surface area contributed by atoms with E-state index in [1.54, 1.807) is 6.20 Å². The van der Waals surface area contributed by atoms with Gasteiger partial charge in [0.1, 0.15) is 5.82 Å². The summed E-state index contributed by atoms with van der Waals surface area (Å²) in [7, 11) is 2.15. The molecule has 0 unspecified atom stereocenters. The molecule has 0 bridgehead atoms. The van der Waals surface area contributed by atoms with Crippen LogP contribution in [0.1, 0.15) is 66.8 Å². The van der Waals surface area contributed by atoms with Gasteiger partial charge in [0.15, 0.2) is 5.78 Å². The Hall–Kier alpha value is -3.78. The number of carbonyl (C=O) groups is 1. The largest absolute Gasteiger partial charge is 0.354 e. The fourth-order valence-corrected chi connectivity index (χ4v) is 5.69. The van der Waals surface area contributed by atoms with Gasteiger partial charge in [-0.3, -0.25) is 14.3 Å². The zero-order valence-electron chi connectivity index (χ0n) is 24.3. The number of H-pyrrole nitrogens is 1. The van der Waals surface area contributed by atoms with Crippen LogP contribution >= 0.6 is 0 Å². The van der Waals surface area contributed by atoms with Crippen LogP contribution in [0.2, 0.25) is 0 Å². The summed E-state index contributed by atoms with van der Waals surface area (Å²) in [4.78, 5) is 38.8. The van der Waals surface area contributed by atoms with Gasteiger partial charge in [0.2, 0.25) is 0 Å². The van der Waals surface area contributed by atoms with Crippen molar-refractivity contribution in [3.8, 4) is 11.1 Å². The Kier molecular flexibility index (Phi) is 8.17. The van der Waals surface area contributed by atoms with Gasteiger partial charge < -0.3 is 14.8 Å². The van der Waals surface area contributed by atoms with Crippen LogP contribution in [-0.2, 0) is 12.8 Å². The fraction of sp³-hybridized carbons (Fsp3) is 0.438. The molecule has 4 aromatic rings. The van der Waals surface area contributed by atoms with Crippen molar-refractivity contribution in [1.82, 2.24) is 24.6 Å². The predicted molar refractivity (Wildman–Crippen MR) is 162 cm³/mol. The number of benzene rings is 1. The minimum Gasteiger partial charge on any atom is -0.354 e. The van der Waals surface area contributed by atoms with Gasteiger partial charge in [-0.05, 0) is 87.7 Å². The van der Waals surface area contributed by atoms with Crippen molar-refractivity contribution in [1.29, 1.82) is 0 Å². The summed E-state index contributed by atoms with van der Waals surface area (Å²) in [5.41, 5.74) is 6.11. The fourth-order valence-electron chi connectivity index (χ4n) is 5.69. The number of pyridine rings is 2. The van der Waals surface area contributed by atoms with E-state index in [0.717, 1.165) is 83.7 Å². The summed E-state index contributed by atoms with van der Waals surface area (Å²) < 4.78 is 1.97. The van der Waals surface area contributed by atoms with E-state index in [4.69, 9.17) is 0 Å². The molecule has 8 nitrogen and oxygen atoms in total. The first-order valence-corrected chi connectivity index (χ1v) is 14.4. The lowest BCUT2D eigenvalue weighted by molar-refractivity contribution is 0.0984. The van der Waals surface area contributed by atoms with Crippen molar-refractivity contribution in [3.63, 3.8) is 0 Å². The van der Waals surface area contributed by atoms with E-state index in [1.807, 2.05) is 36.0 Å². The summed E-state index contributed by atoms with van der Waals surface area (Å²) in [5, 5.41) is 5.48. The van der Waals surface area contributed by atoms with E-state index >= 15 is 0 Å². The summed E-state index contributed by atoms with van der Waals surface area (Å²) in [5.74, 6) is 0.976. The summed E-state index contributed by atoms with van der Waals surface area (Å²) in [6.45, 7) is 12.1. The van der Waals surface area contributed by atoms with Crippen LogP contribution in [-0.4, -0.2) is 63.7 Å². The summed E-state index contributed by atoms with van der Waals surface area (Å²) >= 11 is 0. The molecule has 0 spiro atoms. The molecule has 0 saturated carbocycles. The van der Waals surface area contributed by atoms with E-state index in [0.29, 0.717) is 12.0 Å². The van der Waals surface area contributed by atoms with E-state index in [1.165, 1.54) is 0 Å². The number of hydrogen-bond donors (Lipinski definition) is 1. The van der Waals surface area contributed by atoms with Crippen LogP contribution < -0.4 is 10.5 Å².